The van der Waals surface area contributed by atoms with Gasteiger partial charge in [-0.05, 0) is 19.9 Å². The monoisotopic (exact) mass is 556 g/mol. The number of allylic oxidation sites excluding steroid dienone is 2. The number of nitrogens with zero attached hydrogens (tertiary/aromatic N) is 4. The second-order valence-electron chi connectivity index (χ2n) is 8.96. The molecule has 218 valence electrons. The highest BCUT2D eigenvalue weighted by atomic mass is 16.6. The van der Waals surface area contributed by atoms with Crippen LogP contribution in [0.3, 0.4) is 0 Å². The first-order valence-corrected chi connectivity index (χ1v) is 13.0. The van der Waals surface area contributed by atoms with Gasteiger partial charge in [0.2, 0.25) is 0 Å². The van der Waals surface area contributed by atoms with Crippen molar-refractivity contribution in [3.05, 3.63) is 48.5 Å². The fourth-order valence-electron chi connectivity index (χ4n) is 3.74. The summed E-state index contributed by atoms with van der Waals surface area (Å²) in [5.41, 5.74) is 9.16. The molecule has 0 aromatic rings. The van der Waals surface area contributed by atoms with Gasteiger partial charge in [-0.3, -0.25) is 20.5 Å². The van der Waals surface area contributed by atoms with Gasteiger partial charge in [0.1, 0.15) is 11.7 Å². The number of nitrogens with two attached hydrogens (primary N) is 1. The van der Waals surface area contributed by atoms with Gasteiger partial charge in [0.25, 0.3) is 5.91 Å². The number of morpholine rings is 1. The molecule has 0 aliphatic carbocycles. The summed E-state index contributed by atoms with van der Waals surface area (Å²) >= 11 is 0. The summed E-state index contributed by atoms with van der Waals surface area (Å²) < 4.78 is 10.7. The summed E-state index contributed by atoms with van der Waals surface area (Å²) in [6, 6.07) is -0.292. The molecule has 2 heterocycles. The van der Waals surface area contributed by atoms with Crippen LogP contribution in [0.15, 0.2) is 53.5 Å². The average molecular weight is 557 g/mol. The molecule has 0 atom stereocenters. The molecule has 2 saturated heterocycles. The first kappa shape index (κ1) is 32.1. The van der Waals surface area contributed by atoms with Crippen LogP contribution in [0, 0.1) is 17.8 Å². The van der Waals surface area contributed by atoms with E-state index in [9.17, 15) is 9.59 Å². The Morgan fingerprint density at radius 3 is 2.45 bits per heavy atom. The second kappa shape index (κ2) is 17.5. The van der Waals surface area contributed by atoms with Gasteiger partial charge >= 0.3 is 6.03 Å². The summed E-state index contributed by atoms with van der Waals surface area (Å²) in [4.78, 5) is 39.9. The minimum Gasteiger partial charge on any atom is -0.384 e. The van der Waals surface area contributed by atoms with Crippen molar-refractivity contribution in [2.24, 2.45) is 10.7 Å². The zero-order chi connectivity index (χ0) is 29.3. The van der Waals surface area contributed by atoms with E-state index in [-0.39, 0.29) is 36.1 Å². The Labute approximate surface area is 235 Å². The van der Waals surface area contributed by atoms with Crippen molar-refractivity contribution in [1.82, 2.24) is 25.5 Å². The quantitative estimate of drug-likeness (QED) is 0.0678. The molecule has 13 nitrogen and oxygen atoms in total. The Kier molecular flexibility index (Phi) is 14.0. The molecule has 0 aromatic carbocycles. The van der Waals surface area contributed by atoms with Gasteiger partial charge in [0, 0.05) is 57.7 Å². The topological polar surface area (TPSA) is 158 Å². The number of rotatable bonds is 12. The molecule has 2 rings (SSSR count). The molecule has 40 heavy (non-hydrogen) atoms. The maximum Gasteiger partial charge on any atom is 0.321 e. The van der Waals surface area contributed by atoms with E-state index in [0.717, 1.165) is 0 Å². The number of amides is 3. The molecule has 0 saturated carbocycles. The summed E-state index contributed by atoms with van der Waals surface area (Å²) in [5.74, 6) is 2.38. The number of ether oxygens (including phenoxy) is 2. The second-order valence-corrected chi connectivity index (χ2v) is 8.96. The number of urea groups is 1. The van der Waals surface area contributed by atoms with Gasteiger partial charge < -0.3 is 35.2 Å². The third-order valence-electron chi connectivity index (χ3n) is 5.77. The molecule has 2 fully saturated rings. The molecule has 0 radical (unpaired) electrons. The number of nitrogens with one attached hydrogen (secondary N) is 3. The van der Waals surface area contributed by atoms with Crippen molar-refractivity contribution >= 4 is 23.6 Å². The van der Waals surface area contributed by atoms with Gasteiger partial charge in [-0.1, -0.05) is 18.6 Å². The first-order chi connectivity index (χ1) is 19.3. The van der Waals surface area contributed by atoms with E-state index in [1.54, 1.807) is 22.0 Å². The molecule has 2 aliphatic rings. The molecule has 13 heteroatoms. The van der Waals surface area contributed by atoms with Crippen LogP contribution in [0.1, 0.15) is 13.8 Å². The van der Waals surface area contributed by atoms with Crippen molar-refractivity contribution in [3.63, 3.8) is 0 Å². The van der Waals surface area contributed by atoms with Gasteiger partial charge in [-0.25, -0.2) is 9.79 Å². The zero-order valence-corrected chi connectivity index (χ0v) is 23.2. The third-order valence-corrected chi connectivity index (χ3v) is 5.77. The lowest BCUT2D eigenvalue weighted by atomic mass is 10.2. The number of carbonyl (C=O) groups excluding carboxylic acids is 2. The average Bonchev–Trinajstić information content (AvgIpc) is 2.94. The van der Waals surface area contributed by atoms with E-state index in [0.29, 0.717) is 70.6 Å². The molecule has 3 amide bonds. The Hall–Kier alpha value is -4.12. The first-order valence-electron chi connectivity index (χ1n) is 13.0. The lowest BCUT2D eigenvalue weighted by Crippen LogP contribution is -2.53. The van der Waals surface area contributed by atoms with E-state index in [1.165, 1.54) is 18.5 Å². The van der Waals surface area contributed by atoms with Crippen LogP contribution in [0.5, 0.6) is 0 Å². The molecular weight excluding hydrogens is 516 g/mol. The number of terminal acetylenes is 1. The van der Waals surface area contributed by atoms with Crippen LogP contribution in [-0.4, -0.2) is 110 Å². The largest absolute Gasteiger partial charge is 0.384 e. The van der Waals surface area contributed by atoms with Gasteiger partial charge in [0.05, 0.1) is 37.2 Å². The molecular formula is C27H40N8O5. The van der Waals surface area contributed by atoms with Crippen LogP contribution >= 0.6 is 0 Å². The van der Waals surface area contributed by atoms with Crippen molar-refractivity contribution in [2.75, 3.05) is 65.7 Å². The Morgan fingerprint density at radius 2 is 1.85 bits per heavy atom. The lowest BCUT2D eigenvalue weighted by molar-refractivity contribution is -0.142. The number of aliphatic imine (C=N–C) groups is 1. The summed E-state index contributed by atoms with van der Waals surface area (Å²) in [7, 11) is 0. The predicted molar refractivity (Wildman–Crippen MR) is 153 cm³/mol. The molecule has 0 aromatic heterocycles. The van der Waals surface area contributed by atoms with Crippen LogP contribution in [-0.2, 0) is 19.1 Å². The summed E-state index contributed by atoms with van der Waals surface area (Å²) in [6.45, 7) is 11.4. The number of piperazine rings is 1. The maximum absolute atomic E-state index is 12.9. The smallest absolute Gasteiger partial charge is 0.321 e. The minimum absolute atomic E-state index is 0.0938. The molecule has 0 unspecified atom stereocenters. The summed E-state index contributed by atoms with van der Waals surface area (Å²) in [6.07, 6.45) is 13.2. The van der Waals surface area contributed by atoms with Crippen LogP contribution in [0.2, 0.25) is 0 Å². The van der Waals surface area contributed by atoms with Crippen molar-refractivity contribution in [1.29, 1.82) is 5.41 Å². The normalized spacial score (nSPS) is 17.1. The van der Waals surface area contributed by atoms with E-state index in [4.69, 9.17) is 31.9 Å². The Bertz CT molecular complexity index is 1050. The number of hydrogen-bond acceptors (Lipinski definition) is 8. The zero-order valence-electron chi connectivity index (χ0n) is 23.2. The van der Waals surface area contributed by atoms with E-state index < -0.39 is 0 Å². The molecule has 0 bridgehead atoms. The minimum atomic E-state index is -0.292. The number of hydrogen-bond donors (Lipinski definition) is 4. The van der Waals surface area contributed by atoms with Gasteiger partial charge in [-0.15, -0.1) is 6.42 Å². The number of carbonyl (C=O) groups is 2. The van der Waals surface area contributed by atoms with Gasteiger partial charge in [0.15, 0.2) is 6.61 Å². The summed E-state index contributed by atoms with van der Waals surface area (Å²) in [5, 5.41) is 10.9. The fraction of sp³-hybridized carbons (Fsp3) is 0.481. The highest BCUT2D eigenvalue weighted by Gasteiger charge is 2.26. The van der Waals surface area contributed by atoms with E-state index in [2.05, 4.69) is 28.3 Å². The van der Waals surface area contributed by atoms with Crippen molar-refractivity contribution < 1.29 is 23.9 Å². The molecule has 5 N–H and O–H groups in total. The van der Waals surface area contributed by atoms with E-state index >= 15 is 0 Å². The maximum atomic E-state index is 12.9. The number of amidine groups is 2. The van der Waals surface area contributed by atoms with Crippen molar-refractivity contribution in [3.8, 4) is 12.3 Å². The predicted octanol–water partition coefficient (Wildman–Crippen LogP) is 0.554. The molecule has 2 aliphatic heterocycles. The van der Waals surface area contributed by atoms with Gasteiger partial charge in [-0.2, -0.15) is 0 Å². The fourth-order valence-corrected chi connectivity index (χ4v) is 3.74. The highest BCUT2D eigenvalue weighted by molar-refractivity contribution is 6.21. The SMILES string of the molecule is C#C/C=C(\C=C/COC(C)C)NC(=O)N1CCN(C(=NC=C)C(=CNOCC(=O)N2CCOCC2)C(=N)N)CC1. The highest BCUT2D eigenvalue weighted by Crippen LogP contribution is 2.11. The Balaban J connectivity index is 1.95. The third kappa shape index (κ3) is 10.9. The van der Waals surface area contributed by atoms with E-state index in [1.807, 2.05) is 18.7 Å². The lowest BCUT2D eigenvalue weighted by Gasteiger charge is -2.36. The van der Waals surface area contributed by atoms with Crippen LogP contribution in [0.4, 0.5) is 4.79 Å². The van der Waals surface area contributed by atoms with Crippen LogP contribution < -0.4 is 16.5 Å². The molecule has 0 spiro atoms. The Morgan fingerprint density at radius 1 is 1.18 bits per heavy atom. The number of hydroxylamine groups is 1. The van der Waals surface area contributed by atoms with Crippen LogP contribution in [0.25, 0.3) is 0 Å². The standard InChI is InChI=1S/C27H40N8O5/c1-5-8-22(9-7-16-39-21(3)4)32-27(37)35-12-10-34(11-13-35)26(30-6-2)23(25(28)29)19-31-40-20-24(36)33-14-17-38-18-15-33/h1,6-9,19,21,31H,2,10-18,20H2,3-4H3,(H3,28,29)(H,32,37)/b9-7-,22-8+,23-19?,30-26?. The van der Waals surface area contributed by atoms with Crippen molar-refractivity contribution in [2.45, 2.75) is 20.0 Å².